The molecule has 5 nitrogen and oxygen atoms in total. The fraction of sp³-hybridized carbons (Fsp3) is 0.750. The number of hydrogen-bond acceptors (Lipinski definition) is 6. The molecule has 2 rings (SSSR count). The van der Waals surface area contributed by atoms with Crippen LogP contribution in [-0.4, -0.2) is 33.4 Å². The van der Waals surface area contributed by atoms with Crippen LogP contribution in [-0.2, 0) is 4.74 Å². The standard InChI is InChI=1S/C8H12N2O3S/c1-5(11)8-9-7(10-13-8)6-4-14-3-2-12-6/h5-6,11H,2-4H2,1H3. The molecule has 1 N–H and O–H groups in total. The lowest BCUT2D eigenvalue weighted by Crippen LogP contribution is -2.16. The van der Waals surface area contributed by atoms with Gasteiger partial charge in [0.15, 0.2) is 0 Å². The molecule has 0 radical (unpaired) electrons. The Morgan fingerprint density at radius 2 is 2.50 bits per heavy atom. The molecule has 2 heterocycles. The molecule has 2 unspecified atom stereocenters. The lowest BCUT2D eigenvalue weighted by molar-refractivity contribution is 0.0676. The first-order valence-electron chi connectivity index (χ1n) is 4.48. The smallest absolute Gasteiger partial charge is 0.255 e. The van der Waals surface area contributed by atoms with Gasteiger partial charge in [-0.25, -0.2) is 0 Å². The molecule has 0 spiro atoms. The maximum Gasteiger partial charge on any atom is 0.255 e. The van der Waals surface area contributed by atoms with Crippen LogP contribution in [0.5, 0.6) is 0 Å². The summed E-state index contributed by atoms with van der Waals surface area (Å²) in [7, 11) is 0. The maximum atomic E-state index is 9.19. The Bertz CT molecular complexity index is 297. The van der Waals surface area contributed by atoms with Gasteiger partial charge in [-0.05, 0) is 6.92 Å². The van der Waals surface area contributed by atoms with Gasteiger partial charge in [-0.3, -0.25) is 0 Å². The van der Waals surface area contributed by atoms with E-state index in [-0.39, 0.29) is 12.0 Å². The second kappa shape index (κ2) is 4.29. The van der Waals surface area contributed by atoms with Crippen molar-refractivity contribution in [3.05, 3.63) is 11.7 Å². The average molecular weight is 216 g/mol. The van der Waals surface area contributed by atoms with Crippen molar-refractivity contribution in [2.45, 2.75) is 19.1 Å². The van der Waals surface area contributed by atoms with Gasteiger partial charge in [0.25, 0.3) is 5.89 Å². The van der Waals surface area contributed by atoms with E-state index in [0.29, 0.717) is 12.4 Å². The molecule has 78 valence electrons. The Balaban J connectivity index is 2.07. The van der Waals surface area contributed by atoms with Gasteiger partial charge in [-0.15, -0.1) is 0 Å². The third-order valence-electron chi connectivity index (χ3n) is 1.92. The summed E-state index contributed by atoms with van der Waals surface area (Å²) in [5.41, 5.74) is 0. The number of ether oxygens (including phenoxy) is 1. The van der Waals surface area contributed by atoms with Crippen LogP contribution >= 0.6 is 11.8 Å². The molecule has 0 aliphatic carbocycles. The largest absolute Gasteiger partial charge is 0.384 e. The van der Waals surface area contributed by atoms with Crippen molar-refractivity contribution in [3.63, 3.8) is 0 Å². The van der Waals surface area contributed by atoms with Crippen LogP contribution in [0.4, 0.5) is 0 Å². The Morgan fingerprint density at radius 1 is 1.64 bits per heavy atom. The molecule has 1 aromatic heterocycles. The lowest BCUT2D eigenvalue weighted by atomic mass is 10.3. The molecule has 6 heteroatoms. The highest BCUT2D eigenvalue weighted by molar-refractivity contribution is 7.99. The molecule has 1 aromatic rings. The van der Waals surface area contributed by atoms with E-state index in [9.17, 15) is 5.11 Å². The zero-order chi connectivity index (χ0) is 9.97. The molecular formula is C8H12N2O3S. The predicted molar refractivity (Wildman–Crippen MR) is 50.9 cm³/mol. The molecule has 0 bridgehead atoms. The summed E-state index contributed by atoms with van der Waals surface area (Å²) in [6, 6.07) is 0. The van der Waals surface area contributed by atoms with Gasteiger partial charge in [0.1, 0.15) is 12.2 Å². The number of aliphatic hydroxyl groups is 1. The minimum atomic E-state index is -0.715. The van der Waals surface area contributed by atoms with Crippen LogP contribution in [0.1, 0.15) is 30.8 Å². The Hall–Kier alpha value is -0.590. The highest BCUT2D eigenvalue weighted by atomic mass is 32.2. The molecule has 0 aromatic carbocycles. The number of thioether (sulfide) groups is 1. The van der Waals surface area contributed by atoms with E-state index in [1.165, 1.54) is 0 Å². The van der Waals surface area contributed by atoms with Crippen LogP contribution in [0, 0.1) is 0 Å². The van der Waals surface area contributed by atoms with Crippen molar-refractivity contribution in [3.8, 4) is 0 Å². The molecule has 0 amide bonds. The molecule has 2 atom stereocenters. The van der Waals surface area contributed by atoms with Crippen molar-refractivity contribution in [2.24, 2.45) is 0 Å². The van der Waals surface area contributed by atoms with E-state index in [4.69, 9.17) is 9.26 Å². The van der Waals surface area contributed by atoms with Crippen LogP contribution in [0.15, 0.2) is 4.52 Å². The first-order valence-corrected chi connectivity index (χ1v) is 5.64. The highest BCUT2D eigenvalue weighted by Crippen LogP contribution is 2.25. The summed E-state index contributed by atoms with van der Waals surface area (Å²) in [5.74, 6) is 2.64. The number of aliphatic hydroxyl groups excluding tert-OH is 1. The van der Waals surface area contributed by atoms with E-state index in [2.05, 4.69) is 10.1 Å². The molecule has 1 aliphatic rings. The summed E-state index contributed by atoms with van der Waals surface area (Å²) in [4.78, 5) is 4.07. The van der Waals surface area contributed by atoms with Crippen molar-refractivity contribution in [1.29, 1.82) is 0 Å². The zero-order valence-corrected chi connectivity index (χ0v) is 8.66. The second-order valence-electron chi connectivity index (χ2n) is 3.10. The SMILES string of the molecule is CC(O)c1nc(C2CSCCO2)no1. The first-order chi connectivity index (χ1) is 6.77. The van der Waals surface area contributed by atoms with Gasteiger partial charge >= 0.3 is 0 Å². The molecule has 1 aliphatic heterocycles. The van der Waals surface area contributed by atoms with Crippen LogP contribution in [0.3, 0.4) is 0 Å². The summed E-state index contributed by atoms with van der Waals surface area (Å²) >= 11 is 1.81. The van der Waals surface area contributed by atoms with Crippen molar-refractivity contribution in [2.75, 3.05) is 18.1 Å². The van der Waals surface area contributed by atoms with E-state index in [0.717, 1.165) is 11.5 Å². The van der Waals surface area contributed by atoms with Crippen LogP contribution in [0.25, 0.3) is 0 Å². The summed E-state index contributed by atoms with van der Waals surface area (Å²) in [6.45, 7) is 2.31. The fourth-order valence-electron chi connectivity index (χ4n) is 1.18. The Kier molecular flexibility index (Phi) is 3.05. The van der Waals surface area contributed by atoms with Crippen LogP contribution < -0.4 is 0 Å². The number of aromatic nitrogens is 2. The van der Waals surface area contributed by atoms with Crippen LogP contribution in [0.2, 0.25) is 0 Å². The van der Waals surface area contributed by atoms with Gasteiger partial charge in [-0.1, -0.05) is 5.16 Å². The van der Waals surface area contributed by atoms with Gasteiger partial charge < -0.3 is 14.4 Å². The zero-order valence-electron chi connectivity index (χ0n) is 7.84. The van der Waals surface area contributed by atoms with E-state index < -0.39 is 6.10 Å². The van der Waals surface area contributed by atoms with E-state index >= 15 is 0 Å². The van der Waals surface area contributed by atoms with Gasteiger partial charge in [0, 0.05) is 11.5 Å². The normalized spacial score (nSPS) is 24.9. The fourth-order valence-corrected chi connectivity index (χ4v) is 2.02. The topological polar surface area (TPSA) is 68.4 Å². The van der Waals surface area contributed by atoms with Gasteiger partial charge in [0.2, 0.25) is 5.82 Å². The minimum absolute atomic E-state index is 0.0926. The predicted octanol–water partition coefficient (Wildman–Crippen LogP) is 0.927. The van der Waals surface area contributed by atoms with E-state index in [1.807, 2.05) is 0 Å². The van der Waals surface area contributed by atoms with Crippen molar-refractivity contribution in [1.82, 2.24) is 10.1 Å². The molecule has 14 heavy (non-hydrogen) atoms. The summed E-state index contributed by atoms with van der Waals surface area (Å²) < 4.78 is 10.3. The Morgan fingerprint density at radius 3 is 3.07 bits per heavy atom. The van der Waals surface area contributed by atoms with Crippen molar-refractivity contribution < 1.29 is 14.4 Å². The minimum Gasteiger partial charge on any atom is -0.384 e. The highest BCUT2D eigenvalue weighted by Gasteiger charge is 2.22. The van der Waals surface area contributed by atoms with Gasteiger partial charge in [-0.2, -0.15) is 16.7 Å². The molecule has 1 saturated heterocycles. The number of nitrogens with zero attached hydrogens (tertiary/aromatic N) is 2. The summed E-state index contributed by atoms with van der Waals surface area (Å²) in [6.07, 6.45) is -0.808. The van der Waals surface area contributed by atoms with Crippen molar-refractivity contribution >= 4 is 11.8 Å². The quantitative estimate of drug-likeness (QED) is 0.793. The number of rotatable bonds is 2. The third-order valence-corrected chi connectivity index (χ3v) is 2.91. The third kappa shape index (κ3) is 2.08. The molecule has 1 fully saturated rings. The first kappa shape index (κ1) is 9.95. The molecular weight excluding hydrogens is 204 g/mol. The average Bonchev–Trinajstić information content (AvgIpc) is 2.68. The Labute approximate surface area is 85.8 Å². The number of hydrogen-bond donors (Lipinski definition) is 1. The summed E-state index contributed by atoms with van der Waals surface area (Å²) in [5, 5.41) is 13.0. The maximum absolute atomic E-state index is 9.19. The lowest BCUT2D eigenvalue weighted by Gasteiger charge is -2.18. The van der Waals surface area contributed by atoms with Gasteiger partial charge in [0.05, 0.1) is 6.61 Å². The molecule has 0 saturated carbocycles. The monoisotopic (exact) mass is 216 g/mol. The van der Waals surface area contributed by atoms with E-state index in [1.54, 1.807) is 18.7 Å². The second-order valence-corrected chi connectivity index (χ2v) is 4.25.